The molecule has 0 aliphatic carbocycles. The molecule has 198 valence electrons. The number of benzene rings is 3. The number of carboxylic acid groups (broad SMARTS) is 1. The zero-order valence-corrected chi connectivity index (χ0v) is 22.9. The van der Waals surface area contributed by atoms with Gasteiger partial charge in [-0.3, -0.25) is 0 Å². The number of hydrogen-bond acceptors (Lipinski definition) is 7. The molecule has 0 bridgehead atoms. The Balaban J connectivity index is 1.51. The predicted molar refractivity (Wildman–Crippen MR) is 152 cm³/mol. The molecule has 3 aromatic carbocycles. The number of carboxylic acids is 1. The van der Waals surface area contributed by atoms with Gasteiger partial charge < -0.3 is 23.6 Å². The third-order valence-electron chi connectivity index (χ3n) is 6.25. The van der Waals surface area contributed by atoms with Gasteiger partial charge in [0, 0.05) is 45.4 Å². The summed E-state index contributed by atoms with van der Waals surface area (Å²) >= 11 is 7.33. The molecule has 2 aromatic heterocycles. The standard InChI is InChI=1S/C29H24ClN3O5S/c1-17-23(22-9-5-7-11-25(22)33(17)16-18-8-4-6-10-24(18)30)15-26(28(34)35)39-29-32-31-27(38-29)19-12-20(36-2)14-21(13-19)37-3/h4-15H,16H2,1-3H3,(H,34,35)/b26-15-. The molecule has 5 rings (SSSR count). The minimum Gasteiger partial charge on any atom is -0.497 e. The Morgan fingerprint density at radius 3 is 2.44 bits per heavy atom. The highest BCUT2D eigenvalue weighted by Crippen LogP contribution is 2.35. The molecule has 0 atom stereocenters. The van der Waals surface area contributed by atoms with E-state index < -0.39 is 5.97 Å². The lowest BCUT2D eigenvalue weighted by molar-refractivity contribution is -0.131. The van der Waals surface area contributed by atoms with Crippen LogP contribution in [0.3, 0.4) is 0 Å². The fourth-order valence-corrected chi connectivity index (χ4v) is 5.15. The summed E-state index contributed by atoms with van der Waals surface area (Å²) in [5, 5.41) is 19.9. The molecule has 0 saturated carbocycles. The van der Waals surface area contributed by atoms with Crippen molar-refractivity contribution in [2.45, 2.75) is 18.7 Å². The van der Waals surface area contributed by atoms with E-state index in [1.165, 1.54) is 0 Å². The number of thioether (sulfide) groups is 1. The van der Waals surface area contributed by atoms with Gasteiger partial charge in [0.2, 0.25) is 5.89 Å². The van der Waals surface area contributed by atoms with Crippen LogP contribution in [0.4, 0.5) is 0 Å². The molecule has 0 fully saturated rings. The lowest BCUT2D eigenvalue weighted by atomic mass is 10.1. The first-order valence-corrected chi connectivity index (χ1v) is 13.1. The van der Waals surface area contributed by atoms with Gasteiger partial charge in [-0.1, -0.05) is 48.0 Å². The molecule has 39 heavy (non-hydrogen) atoms. The number of aromatic nitrogens is 3. The van der Waals surface area contributed by atoms with Crippen LogP contribution in [-0.2, 0) is 11.3 Å². The number of halogens is 1. The van der Waals surface area contributed by atoms with Crippen molar-refractivity contribution in [1.29, 1.82) is 0 Å². The number of methoxy groups -OCH3 is 2. The molecule has 0 amide bonds. The lowest BCUT2D eigenvalue weighted by Gasteiger charge is -2.10. The molecule has 10 heteroatoms. The van der Waals surface area contributed by atoms with Gasteiger partial charge in [0.1, 0.15) is 16.4 Å². The van der Waals surface area contributed by atoms with E-state index in [0.29, 0.717) is 28.6 Å². The SMILES string of the molecule is COc1cc(OC)cc(-c2nnc(S/C(=C\c3c(C)n(Cc4ccccc4Cl)c4ccccc34)C(=O)O)o2)c1. The second-order valence-corrected chi connectivity index (χ2v) is 9.98. The zero-order valence-electron chi connectivity index (χ0n) is 21.3. The van der Waals surface area contributed by atoms with Crippen molar-refractivity contribution in [2.24, 2.45) is 0 Å². The zero-order chi connectivity index (χ0) is 27.5. The molecule has 5 aromatic rings. The van der Waals surface area contributed by atoms with Crippen molar-refractivity contribution in [3.8, 4) is 23.0 Å². The van der Waals surface area contributed by atoms with Gasteiger partial charge >= 0.3 is 5.97 Å². The van der Waals surface area contributed by atoms with Crippen LogP contribution in [0, 0.1) is 6.92 Å². The normalized spacial score (nSPS) is 11.6. The highest BCUT2D eigenvalue weighted by atomic mass is 35.5. The summed E-state index contributed by atoms with van der Waals surface area (Å²) in [7, 11) is 3.09. The van der Waals surface area contributed by atoms with E-state index in [1.54, 1.807) is 38.5 Å². The predicted octanol–water partition coefficient (Wildman–Crippen LogP) is 6.94. The smallest absolute Gasteiger partial charge is 0.342 e. The summed E-state index contributed by atoms with van der Waals surface area (Å²) in [6.07, 6.45) is 1.65. The molecule has 0 radical (unpaired) electrons. The molecular formula is C29H24ClN3O5S. The third kappa shape index (κ3) is 5.50. The molecule has 2 heterocycles. The van der Waals surface area contributed by atoms with Crippen LogP contribution in [0.5, 0.6) is 11.5 Å². The van der Waals surface area contributed by atoms with Crippen LogP contribution < -0.4 is 9.47 Å². The summed E-state index contributed by atoms with van der Waals surface area (Å²) in [4.78, 5) is 12.3. The second-order valence-electron chi connectivity index (χ2n) is 8.58. The van der Waals surface area contributed by atoms with Gasteiger partial charge in [-0.15, -0.1) is 10.2 Å². The van der Waals surface area contributed by atoms with Crippen molar-refractivity contribution < 1.29 is 23.8 Å². The fraction of sp³-hybridized carbons (Fsp3) is 0.138. The highest BCUT2D eigenvalue weighted by molar-refractivity contribution is 8.03. The van der Waals surface area contributed by atoms with Crippen LogP contribution in [0.15, 0.2) is 81.3 Å². The average Bonchev–Trinajstić information content (AvgIpc) is 3.52. The number of fused-ring (bicyclic) bond motifs is 1. The Kier molecular flexibility index (Phi) is 7.63. The van der Waals surface area contributed by atoms with E-state index in [0.717, 1.165) is 39.5 Å². The van der Waals surface area contributed by atoms with Gasteiger partial charge in [0.25, 0.3) is 5.22 Å². The molecule has 0 saturated heterocycles. The number of nitrogens with zero attached hydrogens (tertiary/aromatic N) is 3. The minimum absolute atomic E-state index is 0.0390. The number of hydrogen-bond donors (Lipinski definition) is 1. The summed E-state index contributed by atoms with van der Waals surface area (Å²) in [5.74, 6) is 0.232. The Bertz CT molecular complexity index is 1690. The van der Waals surface area contributed by atoms with Crippen molar-refractivity contribution in [1.82, 2.24) is 14.8 Å². The van der Waals surface area contributed by atoms with Crippen LogP contribution in [-0.4, -0.2) is 40.1 Å². The van der Waals surface area contributed by atoms with Crippen molar-refractivity contribution in [3.63, 3.8) is 0 Å². The summed E-state index contributed by atoms with van der Waals surface area (Å²) in [5.41, 5.74) is 4.23. The highest BCUT2D eigenvalue weighted by Gasteiger charge is 2.20. The molecule has 8 nitrogen and oxygen atoms in total. The van der Waals surface area contributed by atoms with E-state index >= 15 is 0 Å². The number of ether oxygens (including phenoxy) is 2. The average molecular weight is 562 g/mol. The Morgan fingerprint density at radius 2 is 1.74 bits per heavy atom. The Morgan fingerprint density at radius 1 is 1.05 bits per heavy atom. The first kappa shape index (κ1) is 26.4. The van der Waals surface area contributed by atoms with Gasteiger partial charge in [-0.05, 0) is 54.6 Å². The van der Waals surface area contributed by atoms with E-state index in [9.17, 15) is 9.90 Å². The number of aliphatic carboxylic acids is 1. The van der Waals surface area contributed by atoms with Crippen LogP contribution in [0.2, 0.25) is 5.02 Å². The Hall–Kier alpha value is -4.21. The van der Waals surface area contributed by atoms with E-state index in [4.69, 9.17) is 25.5 Å². The fourth-order valence-electron chi connectivity index (χ4n) is 4.30. The van der Waals surface area contributed by atoms with Crippen molar-refractivity contribution in [2.75, 3.05) is 14.2 Å². The maximum Gasteiger partial charge on any atom is 0.342 e. The van der Waals surface area contributed by atoms with Gasteiger partial charge in [-0.25, -0.2) is 4.79 Å². The molecule has 0 unspecified atom stereocenters. The van der Waals surface area contributed by atoms with Crippen LogP contribution in [0.1, 0.15) is 16.8 Å². The third-order valence-corrected chi connectivity index (χ3v) is 7.48. The van der Waals surface area contributed by atoms with E-state index in [2.05, 4.69) is 14.8 Å². The number of carbonyl (C=O) groups is 1. The van der Waals surface area contributed by atoms with Crippen LogP contribution >= 0.6 is 23.4 Å². The number of para-hydroxylation sites is 1. The second kappa shape index (κ2) is 11.3. The lowest BCUT2D eigenvalue weighted by Crippen LogP contribution is -2.02. The maximum absolute atomic E-state index is 12.3. The first-order valence-electron chi connectivity index (χ1n) is 11.9. The molecule has 1 N–H and O–H groups in total. The topological polar surface area (TPSA) is 99.6 Å². The van der Waals surface area contributed by atoms with E-state index in [-0.39, 0.29) is 16.0 Å². The Labute approximate surface area is 233 Å². The summed E-state index contributed by atoms with van der Waals surface area (Å²) in [6.45, 7) is 2.51. The van der Waals surface area contributed by atoms with E-state index in [1.807, 2.05) is 55.5 Å². The largest absolute Gasteiger partial charge is 0.497 e. The molecule has 0 spiro atoms. The quantitative estimate of drug-likeness (QED) is 0.153. The summed E-state index contributed by atoms with van der Waals surface area (Å²) in [6, 6.07) is 20.7. The van der Waals surface area contributed by atoms with Gasteiger partial charge in [0.05, 0.1) is 14.2 Å². The van der Waals surface area contributed by atoms with Crippen molar-refractivity contribution in [3.05, 3.63) is 93.5 Å². The van der Waals surface area contributed by atoms with Crippen molar-refractivity contribution >= 4 is 46.3 Å². The summed E-state index contributed by atoms with van der Waals surface area (Å²) < 4.78 is 18.6. The van der Waals surface area contributed by atoms with Gasteiger partial charge in [-0.2, -0.15) is 0 Å². The molecular weight excluding hydrogens is 538 g/mol. The monoisotopic (exact) mass is 561 g/mol. The molecule has 0 aliphatic rings. The first-order chi connectivity index (χ1) is 18.9. The van der Waals surface area contributed by atoms with Crippen LogP contribution in [0.25, 0.3) is 28.4 Å². The maximum atomic E-state index is 12.3. The molecule has 0 aliphatic heterocycles. The minimum atomic E-state index is -1.11. The number of rotatable bonds is 9. The van der Waals surface area contributed by atoms with Gasteiger partial charge in [0.15, 0.2) is 0 Å².